The van der Waals surface area contributed by atoms with Crippen LogP contribution in [0.3, 0.4) is 0 Å². The zero-order valence-electron chi connectivity index (χ0n) is 25.9. The summed E-state index contributed by atoms with van der Waals surface area (Å²) in [6.07, 6.45) is 2.57. The molecule has 4 aromatic carbocycles. The molecule has 0 unspecified atom stereocenters. The number of aliphatic carboxylic acids is 1. The Morgan fingerprint density at radius 2 is 1.07 bits per heavy atom. The van der Waals surface area contributed by atoms with Gasteiger partial charge in [0.1, 0.15) is 24.7 Å². The summed E-state index contributed by atoms with van der Waals surface area (Å²) < 4.78 is 12.2. The predicted molar refractivity (Wildman–Crippen MR) is 173 cm³/mol. The van der Waals surface area contributed by atoms with Crippen molar-refractivity contribution in [3.63, 3.8) is 0 Å². The molecule has 0 atom stereocenters. The van der Waals surface area contributed by atoms with Crippen LogP contribution in [0.5, 0.6) is 11.5 Å². The average Bonchev–Trinajstić information content (AvgIpc) is 3.10. The monoisotopic (exact) mass is 616 g/mol. The van der Waals surface area contributed by atoms with Crippen LogP contribution in [0.25, 0.3) is 21.8 Å². The number of pyridine rings is 2. The molecular formula is C39H33N2NaO4. The van der Waals surface area contributed by atoms with E-state index in [1.54, 1.807) is 0 Å². The maximum absolute atomic E-state index is 11.7. The van der Waals surface area contributed by atoms with Gasteiger partial charge in [0.05, 0.1) is 22.4 Å². The average molecular weight is 617 g/mol. The van der Waals surface area contributed by atoms with Crippen LogP contribution in [0.2, 0.25) is 0 Å². The summed E-state index contributed by atoms with van der Waals surface area (Å²) in [5, 5.41) is 13.9. The largest absolute Gasteiger partial charge is 1.00 e. The van der Waals surface area contributed by atoms with Crippen LogP contribution >= 0.6 is 0 Å². The normalized spacial score (nSPS) is 14.4. The number of hydrogen-bond donors (Lipinski definition) is 0. The van der Waals surface area contributed by atoms with E-state index in [4.69, 9.17) is 19.4 Å². The van der Waals surface area contributed by atoms with Crippen molar-refractivity contribution in [3.05, 3.63) is 144 Å². The first-order valence-corrected chi connectivity index (χ1v) is 15.4. The number of fused-ring (bicyclic) bond motifs is 2. The molecule has 2 aromatic heterocycles. The van der Waals surface area contributed by atoms with Crippen LogP contribution in [-0.2, 0) is 23.4 Å². The van der Waals surface area contributed by atoms with E-state index in [2.05, 4.69) is 36.4 Å². The minimum absolute atomic E-state index is 0. The van der Waals surface area contributed by atoms with Gasteiger partial charge in [0.2, 0.25) is 0 Å². The second-order valence-corrected chi connectivity index (χ2v) is 11.8. The van der Waals surface area contributed by atoms with Crippen LogP contribution in [0, 0.1) is 5.92 Å². The Balaban J connectivity index is 0.00000372. The molecule has 0 spiro atoms. The molecule has 46 heavy (non-hydrogen) atoms. The number of hydrogen-bond acceptors (Lipinski definition) is 6. The van der Waals surface area contributed by atoms with E-state index in [9.17, 15) is 9.90 Å². The molecule has 6 nitrogen and oxygen atoms in total. The van der Waals surface area contributed by atoms with Crippen LogP contribution in [0.1, 0.15) is 48.2 Å². The second-order valence-electron chi connectivity index (χ2n) is 11.8. The number of rotatable bonds is 9. The number of carboxylic acid groups (broad SMARTS) is 1. The SMILES string of the molecule is O=C([O-])C1CCC(c2ccc(OCc3ccc4ccccc4n3)cc2)(c2ccc(OCc3ccc4ccccc4n3)cc2)CC1.[Na+]. The number of ether oxygens (including phenoxy) is 2. The Labute approximate surface area is 290 Å². The van der Waals surface area contributed by atoms with E-state index >= 15 is 0 Å². The van der Waals surface area contributed by atoms with Gasteiger partial charge in [-0.1, -0.05) is 72.8 Å². The van der Waals surface area contributed by atoms with Gasteiger partial charge in [-0.25, -0.2) is 9.97 Å². The van der Waals surface area contributed by atoms with Gasteiger partial charge >= 0.3 is 29.6 Å². The maximum Gasteiger partial charge on any atom is 1.00 e. The van der Waals surface area contributed by atoms with E-state index < -0.39 is 11.9 Å². The van der Waals surface area contributed by atoms with Gasteiger partial charge in [0.15, 0.2) is 0 Å². The number of aromatic nitrogens is 2. The Bertz CT molecular complexity index is 1820. The quantitative estimate of drug-likeness (QED) is 0.227. The first kappa shape index (κ1) is 31.7. The summed E-state index contributed by atoms with van der Waals surface area (Å²) in [5.74, 6) is 0.143. The number of carbonyl (C=O) groups excluding carboxylic acids is 1. The number of nitrogens with zero attached hydrogens (tertiary/aromatic N) is 2. The summed E-state index contributed by atoms with van der Waals surface area (Å²) in [4.78, 5) is 21.1. The van der Waals surface area contributed by atoms with Gasteiger partial charge in [-0.05, 0) is 91.3 Å². The van der Waals surface area contributed by atoms with Gasteiger partial charge < -0.3 is 19.4 Å². The molecule has 0 saturated heterocycles. The van der Waals surface area contributed by atoms with Crippen LogP contribution in [0.15, 0.2) is 121 Å². The zero-order valence-corrected chi connectivity index (χ0v) is 27.9. The Hall–Kier alpha value is -4.23. The van der Waals surface area contributed by atoms with Gasteiger partial charge in [0.25, 0.3) is 0 Å². The minimum atomic E-state index is -0.958. The van der Waals surface area contributed by atoms with E-state index in [1.807, 2.05) is 84.9 Å². The molecule has 0 aliphatic heterocycles. The fraction of sp³-hybridized carbons (Fsp3) is 0.205. The van der Waals surface area contributed by atoms with Crippen molar-refractivity contribution in [2.45, 2.75) is 44.3 Å². The second kappa shape index (κ2) is 14.0. The molecular weight excluding hydrogens is 583 g/mol. The van der Waals surface area contributed by atoms with E-state index in [0.717, 1.165) is 55.8 Å². The van der Waals surface area contributed by atoms with Gasteiger partial charge in [-0.3, -0.25) is 0 Å². The molecule has 6 aromatic rings. The van der Waals surface area contributed by atoms with E-state index in [-0.39, 0.29) is 35.0 Å². The molecule has 1 aliphatic carbocycles. The number of carbonyl (C=O) groups is 1. The molecule has 7 rings (SSSR count). The molecule has 2 heterocycles. The summed E-state index contributed by atoms with van der Waals surface area (Å²) in [6.45, 7) is 0.748. The minimum Gasteiger partial charge on any atom is -0.550 e. The van der Waals surface area contributed by atoms with E-state index in [0.29, 0.717) is 38.9 Å². The van der Waals surface area contributed by atoms with Crippen molar-refractivity contribution >= 4 is 27.8 Å². The molecule has 0 radical (unpaired) electrons. The number of carboxylic acids is 1. The Kier molecular flexibility index (Phi) is 9.69. The summed E-state index contributed by atoms with van der Waals surface area (Å²) in [6, 6.07) is 40.6. The third-order valence-electron chi connectivity index (χ3n) is 9.07. The number of para-hydroxylation sites is 2. The van der Waals surface area contributed by atoms with Crippen LogP contribution in [-0.4, -0.2) is 15.9 Å². The molecule has 0 amide bonds. The van der Waals surface area contributed by atoms with Crippen molar-refractivity contribution < 1.29 is 48.9 Å². The third-order valence-corrected chi connectivity index (χ3v) is 9.07. The van der Waals surface area contributed by atoms with Crippen molar-refractivity contribution in [3.8, 4) is 11.5 Å². The van der Waals surface area contributed by atoms with Crippen molar-refractivity contribution in [2.75, 3.05) is 0 Å². The van der Waals surface area contributed by atoms with E-state index in [1.165, 1.54) is 0 Å². The van der Waals surface area contributed by atoms with Crippen molar-refractivity contribution in [1.82, 2.24) is 9.97 Å². The molecule has 1 aliphatic rings. The first-order valence-electron chi connectivity index (χ1n) is 15.4. The molecule has 224 valence electrons. The van der Waals surface area contributed by atoms with Crippen LogP contribution < -0.4 is 44.1 Å². The third kappa shape index (κ3) is 6.80. The van der Waals surface area contributed by atoms with Crippen molar-refractivity contribution in [2.24, 2.45) is 5.92 Å². The fourth-order valence-electron chi connectivity index (χ4n) is 6.52. The maximum atomic E-state index is 11.7. The summed E-state index contributed by atoms with van der Waals surface area (Å²) in [5.41, 5.74) is 5.61. The standard InChI is InChI=1S/C39H34N2O4.Na/c42-38(43)29-21-23-39(24-22-29,30-11-17-34(18-12-30)44-25-32-15-9-27-5-1-3-7-36(27)40-32)31-13-19-35(20-14-31)45-26-33-16-10-28-6-2-4-8-37(28)41-33;/h1-20,29H,21-26H2,(H,42,43);/q;+1/p-1. The van der Waals surface area contributed by atoms with Gasteiger partial charge in [-0.15, -0.1) is 0 Å². The molecule has 7 heteroatoms. The molecule has 1 fully saturated rings. The van der Waals surface area contributed by atoms with Gasteiger partial charge in [0, 0.05) is 22.2 Å². The molecule has 0 N–H and O–H groups in total. The fourth-order valence-corrected chi connectivity index (χ4v) is 6.52. The topological polar surface area (TPSA) is 84.4 Å². The van der Waals surface area contributed by atoms with Crippen molar-refractivity contribution in [1.29, 1.82) is 0 Å². The number of benzene rings is 4. The van der Waals surface area contributed by atoms with Gasteiger partial charge in [-0.2, -0.15) is 0 Å². The Morgan fingerprint density at radius 1 is 0.630 bits per heavy atom. The van der Waals surface area contributed by atoms with Crippen LogP contribution in [0.4, 0.5) is 0 Å². The molecule has 1 saturated carbocycles. The summed E-state index contributed by atoms with van der Waals surface area (Å²) >= 11 is 0. The smallest absolute Gasteiger partial charge is 0.550 e. The predicted octanol–water partition coefficient (Wildman–Crippen LogP) is 4.17. The Morgan fingerprint density at radius 3 is 1.50 bits per heavy atom. The first-order chi connectivity index (χ1) is 22.1. The zero-order chi connectivity index (χ0) is 30.6. The summed E-state index contributed by atoms with van der Waals surface area (Å²) in [7, 11) is 0. The molecule has 0 bridgehead atoms.